The van der Waals surface area contributed by atoms with Crippen LogP contribution < -0.4 is 0 Å². The summed E-state index contributed by atoms with van der Waals surface area (Å²) in [5.74, 6) is -2.01. The Bertz CT molecular complexity index is 1020. The van der Waals surface area contributed by atoms with E-state index in [4.69, 9.17) is 0 Å². The number of benzene rings is 2. The number of nitrogens with zero attached hydrogens (tertiary/aromatic N) is 1. The molecule has 3 aromatic rings. The third kappa shape index (κ3) is 3.16. The van der Waals surface area contributed by atoms with E-state index in [1.807, 2.05) is 0 Å². The molecule has 2 aromatic carbocycles. The molecule has 0 aliphatic rings. The molecule has 134 valence electrons. The van der Waals surface area contributed by atoms with E-state index in [9.17, 15) is 22.4 Å². The quantitative estimate of drug-likeness (QED) is 0.394. The van der Waals surface area contributed by atoms with Gasteiger partial charge in [0.2, 0.25) is 0 Å². The summed E-state index contributed by atoms with van der Waals surface area (Å²) in [5, 5.41) is 0.192. The summed E-state index contributed by atoms with van der Waals surface area (Å²) in [6.45, 7) is 0. The standard InChI is InChI=1S/C18H10BrF4NO2/c1-26-17(25)15-14(10-4-2-3-5-12(10)20)11-8-9(19)6-7-13(11)24-16(15)18(21,22)23/h2-8H,1H3. The van der Waals surface area contributed by atoms with Crippen molar-refractivity contribution in [1.82, 2.24) is 4.98 Å². The van der Waals surface area contributed by atoms with Crippen LogP contribution in [0.4, 0.5) is 17.6 Å². The maximum absolute atomic E-state index is 14.4. The highest BCUT2D eigenvalue weighted by Crippen LogP contribution is 2.41. The number of ether oxygens (including phenoxy) is 1. The van der Waals surface area contributed by atoms with Crippen LogP contribution in [0.1, 0.15) is 16.1 Å². The number of hydrogen-bond acceptors (Lipinski definition) is 3. The van der Waals surface area contributed by atoms with Crippen molar-refractivity contribution in [1.29, 1.82) is 0 Å². The SMILES string of the molecule is COC(=O)c1c(C(F)(F)F)nc2ccc(Br)cc2c1-c1ccccc1F. The molecule has 26 heavy (non-hydrogen) atoms. The lowest BCUT2D eigenvalue weighted by molar-refractivity contribution is -0.141. The zero-order valence-corrected chi connectivity index (χ0v) is 14.8. The average molecular weight is 428 g/mol. The molecular formula is C18H10BrF4NO2. The number of pyridine rings is 1. The van der Waals surface area contributed by atoms with Gasteiger partial charge in [-0.05, 0) is 24.3 Å². The van der Waals surface area contributed by atoms with Crippen LogP contribution in [0.25, 0.3) is 22.0 Å². The molecule has 0 aliphatic carbocycles. The minimum atomic E-state index is -4.93. The van der Waals surface area contributed by atoms with E-state index in [0.29, 0.717) is 4.47 Å². The summed E-state index contributed by atoms with van der Waals surface area (Å²) in [6, 6.07) is 9.64. The first kappa shape index (κ1) is 18.3. The van der Waals surface area contributed by atoms with Gasteiger partial charge in [0.15, 0.2) is 5.69 Å². The molecule has 1 heterocycles. The molecule has 0 aliphatic heterocycles. The molecule has 0 fully saturated rings. The summed E-state index contributed by atoms with van der Waals surface area (Å²) >= 11 is 3.23. The van der Waals surface area contributed by atoms with Gasteiger partial charge in [0, 0.05) is 21.0 Å². The van der Waals surface area contributed by atoms with Gasteiger partial charge in [-0.3, -0.25) is 0 Å². The van der Waals surface area contributed by atoms with Gasteiger partial charge in [0.25, 0.3) is 0 Å². The summed E-state index contributed by atoms with van der Waals surface area (Å²) in [7, 11) is 0.957. The lowest BCUT2D eigenvalue weighted by Gasteiger charge is -2.18. The number of rotatable bonds is 2. The van der Waals surface area contributed by atoms with Crippen molar-refractivity contribution in [2.75, 3.05) is 7.11 Å². The molecule has 3 rings (SSSR count). The van der Waals surface area contributed by atoms with Gasteiger partial charge in [0.05, 0.1) is 18.2 Å². The van der Waals surface area contributed by atoms with Gasteiger partial charge in [-0.25, -0.2) is 14.2 Å². The molecule has 0 bridgehead atoms. The first-order valence-electron chi connectivity index (χ1n) is 7.27. The van der Waals surface area contributed by atoms with Crippen LogP contribution in [0.3, 0.4) is 0 Å². The highest BCUT2D eigenvalue weighted by molar-refractivity contribution is 9.10. The van der Waals surface area contributed by atoms with E-state index in [-0.39, 0.29) is 22.0 Å². The topological polar surface area (TPSA) is 39.2 Å². The maximum Gasteiger partial charge on any atom is 0.434 e. The summed E-state index contributed by atoms with van der Waals surface area (Å²) < 4.78 is 60.2. The fourth-order valence-electron chi connectivity index (χ4n) is 2.69. The molecule has 0 saturated carbocycles. The number of aromatic nitrogens is 1. The van der Waals surface area contributed by atoms with E-state index in [2.05, 4.69) is 25.7 Å². The predicted octanol–water partition coefficient (Wildman–Crippen LogP) is 5.61. The number of carbonyl (C=O) groups is 1. The van der Waals surface area contributed by atoms with Crippen LogP contribution >= 0.6 is 15.9 Å². The van der Waals surface area contributed by atoms with Gasteiger partial charge >= 0.3 is 12.1 Å². The number of halogens is 5. The third-order valence-electron chi connectivity index (χ3n) is 3.75. The highest BCUT2D eigenvalue weighted by atomic mass is 79.9. The minimum absolute atomic E-state index is 0.0218. The molecule has 0 unspecified atom stereocenters. The average Bonchev–Trinajstić information content (AvgIpc) is 2.59. The predicted molar refractivity (Wildman–Crippen MR) is 91.2 cm³/mol. The van der Waals surface area contributed by atoms with E-state index < -0.39 is 29.2 Å². The first-order chi connectivity index (χ1) is 12.2. The van der Waals surface area contributed by atoms with Crippen molar-refractivity contribution in [3.8, 4) is 11.1 Å². The van der Waals surface area contributed by atoms with Gasteiger partial charge in [-0.15, -0.1) is 0 Å². The largest absolute Gasteiger partial charge is 0.465 e. The molecule has 0 spiro atoms. The fourth-order valence-corrected chi connectivity index (χ4v) is 3.05. The highest BCUT2D eigenvalue weighted by Gasteiger charge is 2.40. The molecule has 3 nitrogen and oxygen atoms in total. The Labute approximate surface area is 153 Å². The minimum Gasteiger partial charge on any atom is -0.465 e. The lowest BCUT2D eigenvalue weighted by atomic mass is 9.93. The monoisotopic (exact) mass is 427 g/mol. The second kappa shape index (κ2) is 6.68. The Hall–Kier alpha value is -2.48. The second-order valence-corrected chi connectivity index (χ2v) is 6.26. The molecule has 8 heteroatoms. The molecule has 0 amide bonds. The van der Waals surface area contributed by atoms with Crippen molar-refractivity contribution in [3.05, 3.63) is 64.0 Å². The number of alkyl halides is 3. The Kier molecular flexibility index (Phi) is 4.70. The zero-order valence-electron chi connectivity index (χ0n) is 13.2. The summed E-state index contributed by atoms with van der Waals surface area (Å²) in [5.41, 5.74) is -2.63. The smallest absolute Gasteiger partial charge is 0.434 e. The van der Waals surface area contributed by atoms with E-state index in [0.717, 1.165) is 13.2 Å². The molecule has 0 N–H and O–H groups in total. The number of esters is 1. The normalized spacial score (nSPS) is 11.6. The number of methoxy groups -OCH3 is 1. The molecule has 0 saturated heterocycles. The van der Waals surface area contributed by atoms with Crippen molar-refractivity contribution in [2.24, 2.45) is 0 Å². The van der Waals surface area contributed by atoms with Gasteiger partial charge in [-0.2, -0.15) is 13.2 Å². The van der Waals surface area contributed by atoms with Gasteiger partial charge in [0.1, 0.15) is 5.82 Å². The van der Waals surface area contributed by atoms with E-state index in [1.54, 1.807) is 0 Å². The van der Waals surface area contributed by atoms with Crippen molar-refractivity contribution >= 4 is 32.8 Å². The molecule has 0 radical (unpaired) electrons. The Morgan fingerprint density at radius 1 is 1.15 bits per heavy atom. The number of fused-ring (bicyclic) bond motifs is 1. The van der Waals surface area contributed by atoms with Gasteiger partial charge in [-0.1, -0.05) is 34.1 Å². The Morgan fingerprint density at radius 3 is 2.46 bits per heavy atom. The number of hydrogen-bond donors (Lipinski definition) is 0. The first-order valence-corrected chi connectivity index (χ1v) is 8.07. The van der Waals surface area contributed by atoms with Gasteiger partial charge < -0.3 is 4.74 Å². The van der Waals surface area contributed by atoms with Crippen LogP contribution in [0.15, 0.2) is 46.9 Å². The maximum atomic E-state index is 14.4. The van der Waals surface area contributed by atoms with Crippen molar-refractivity contribution in [2.45, 2.75) is 6.18 Å². The Morgan fingerprint density at radius 2 is 1.85 bits per heavy atom. The van der Waals surface area contributed by atoms with Crippen LogP contribution in [0.5, 0.6) is 0 Å². The molecule has 1 aromatic heterocycles. The van der Waals surface area contributed by atoms with Crippen molar-refractivity contribution in [3.63, 3.8) is 0 Å². The summed E-state index contributed by atoms with van der Waals surface area (Å²) in [6.07, 6.45) is -4.93. The summed E-state index contributed by atoms with van der Waals surface area (Å²) in [4.78, 5) is 15.8. The van der Waals surface area contributed by atoms with Crippen LogP contribution in [0, 0.1) is 5.82 Å². The van der Waals surface area contributed by atoms with Crippen molar-refractivity contribution < 1.29 is 27.1 Å². The van der Waals surface area contributed by atoms with Crippen LogP contribution in [-0.4, -0.2) is 18.1 Å². The van der Waals surface area contributed by atoms with E-state index in [1.165, 1.54) is 36.4 Å². The fraction of sp³-hybridized carbons (Fsp3) is 0.111. The lowest BCUT2D eigenvalue weighted by Crippen LogP contribution is -2.18. The number of carbonyl (C=O) groups excluding carboxylic acids is 1. The Balaban J connectivity index is 2.58. The second-order valence-electron chi connectivity index (χ2n) is 5.34. The van der Waals surface area contributed by atoms with Crippen LogP contribution in [0.2, 0.25) is 0 Å². The van der Waals surface area contributed by atoms with Crippen LogP contribution in [-0.2, 0) is 10.9 Å². The molecule has 0 atom stereocenters. The third-order valence-corrected chi connectivity index (χ3v) is 4.24. The van der Waals surface area contributed by atoms with E-state index >= 15 is 0 Å². The molecular weight excluding hydrogens is 418 g/mol. The zero-order chi connectivity index (χ0) is 19.1.